The highest BCUT2D eigenvalue weighted by Gasteiger charge is 2.53. The molecule has 0 unspecified atom stereocenters. The Morgan fingerprint density at radius 3 is 1.36 bits per heavy atom. The zero-order valence-electron chi connectivity index (χ0n) is 14.8. The summed E-state index contributed by atoms with van der Waals surface area (Å²) in [7, 11) is 0. The van der Waals surface area contributed by atoms with Crippen LogP contribution in [-0.4, -0.2) is 34.2 Å². The van der Waals surface area contributed by atoms with Gasteiger partial charge < -0.3 is 19.7 Å². The summed E-state index contributed by atoms with van der Waals surface area (Å²) in [6.45, 7) is 12.8. The fraction of sp³-hybridized carbons (Fsp3) is 0.875. The molecule has 0 fully saturated rings. The van der Waals surface area contributed by atoms with Crippen LogP contribution in [-0.2, 0) is 19.1 Å². The molecule has 0 aliphatic heterocycles. The largest absolute Gasteiger partial charge is 0.424 e. The summed E-state index contributed by atoms with van der Waals surface area (Å²) < 4.78 is 10.5. The number of hydrogen-bond acceptors (Lipinski definition) is 6. The van der Waals surface area contributed by atoms with Crippen molar-refractivity contribution in [1.29, 1.82) is 0 Å². The van der Waals surface area contributed by atoms with E-state index in [-0.39, 0.29) is 0 Å². The number of esters is 2. The Kier molecular flexibility index (Phi) is 7.03. The van der Waals surface area contributed by atoms with Gasteiger partial charge in [0.2, 0.25) is 0 Å². The van der Waals surface area contributed by atoms with Gasteiger partial charge in [-0.1, -0.05) is 41.5 Å². The van der Waals surface area contributed by atoms with Crippen LogP contribution in [0.15, 0.2) is 0 Å². The molecule has 0 radical (unpaired) electrons. The number of rotatable bonds is 7. The van der Waals surface area contributed by atoms with E-state index in [4.69, 9.17) is 9.47 Å². The Balaban J connectivity index is 5.54. The highest BCUT2D eigenvalue weighted by molar-refractivity contribution is 5.73. The summed E-state index contributed by atoms with van der Waals surface area (Å²) in [5.41, 5.74) is -1.41. The summed E-state index contributed by atoms with van der Waals surface area (Å²) in [6, 6.07) is 0. The summed E-state index contributed by atoms with van der Waals surface area (Å²) >= 11 is 0. The Bertz CT molecular complexity index is 373. The molecule has 6 nitrogen and oxygen atoms in total. The molecule has 2 N–H and O–H groups in total. The van der Waals surface area contributed by atoms with E-state index in [0.717, 1.165) is 0 Å². The van der Waals surface area contributed by atoms with Crippen molar-refractivity contribution in [3.05, 3.63) is 0 Å². The van der Waals surface area contributed by atoms with Crippen LogP contribution in [0.3, 0.4) is 0 Å². The number of carbonyl (C=O) groups is 2. The van der Waals surface area contributed by atoms with Crippen molar-refractivity contribution < 1.29 is 29.3 Å². The molecule has 0 aromatic heterocycles. The molecule has 0 bridgehead atoms. The van der Waals surface area contributed by atoms with Gasteiger partial charge in [-0.2, -0.15) is 0 Å². The van der Waals surface area contributed by atoms with Gasteiger partial charge in [0.1, 0.15) is 0 Å². The highest BCUT2D eigenvalue weighted by Crippen LogP contribution is 2.40. The third kappa shape index (κ3) is 4.68. The Labute approximate surface area is 132 Å². The van der Waals surface area contributed by atoms with Gasteiger partial charge in [-0.15, -0.1) is 0 Å². The van der Waals surface area contributed by atoms with Crippen molar-refractivity contribution >= 4 is 11.9 Å². The summed E-state index contributed by atoms with van der Waals surface area (Å²) in [6.07, 6.45) is -1.39. The lowest BCUT2D eigenvalue weighted by Gasteiger charge is -2.44. The van der Waals surface area contributed by atoms with Gasteiger partial charge in [-0.3, -0.25) is 9.59 Å². The van der Waals surface area contributed by atoms with Crippen LogP contribution in [0.2, 0.25) is 0 Å². The van der Waals surface area contributed by atoms with Crippen molar-refractivity contribution in [2.45, 2.75) is 67.5 Å². The van der Waals surface area contributed by atoms with Crippen LogP contribution >= 0.6 is 0 Å². The van der Waals surface area contributed by atoms with E-state index in [1.165, 1.54) is 13.8 Å². The van der Waals surface area contributed by atoms with Crippen LogP contribution in [0.5, 0.6) is 0 Å². The molecule has 0 rings (SSSR count). The fourth-order valence-electron chi connectivity index (χ4n) is 1.72. The molecule has 0 saturated carbocycles. The third-order valence-corrected chi connectivity index (χ3v) is 3.73. The van der Waals surface area contributed by atoms with Crippen LogP contribution in [0, 0.1) is 23.2 Å². The molecule has 0 heterocycles. The molecule has 6 heteroatoms. The van der Waals surface area contributed by atoms with Crippen LogP contribution in [0.1, 0.15) is 55.4 Å². The minimum absolute atomic E-state index is 0.429. The van der Waals surface area contributed by atoms with Crippen molar-refractivity contribution in [1.82, 2.24) is 0 Å². The first kappa shape index (κ1) is 20.9. The van der Waals surface area contributed by atoms with Gasteiger partial charge >= 0.3 is 11.9 Å². The second-order valence-electron chi connectivity index (χ2n) is 7.12. The molecule has 130 valence electrons. The summed E-state index contributed by atoms with van der Waals surface area (Å²) in [5, 5.41) is 20.7. The monoisotopic (exact) mass is 318 g/mol. The van der Waals surface area contributed by atoms with Gasteiger partial charge in [0.05, 0.1) is 17.3 Å². The lowest BCUT2D eigenvalue weighted by molar-refractivity contribution is -0.318. The number of ether oxygens (including phenoxy) is 2. The number of aliphatic hydroxyl groups is 2. The zero-order chi connectivity index (χ0) is 17.9. The van der Waals surface area contributed by atoms with Gasteiger partial charge in [0, 0.05) is 5.92 Å². The first-order valence-corrected chi connectivity index (χ1v) is 7.60. The number of carbonyl (C=O) groups excluding carboxylic acids is 2. The Morgan fingerprint density at radius 1 is 0.818 bits per heavy atom. The molecule has 0 aromatic rings. The van der Waals surface area contributed by atoms with E-state index in [9.17, 15) is 19.8 Å². The number of hydrogen-bond donors (Lipinski definition) is 2. The smallest absolute Gasteiger partial charge is 0.311 e. The minimum atomic E-state index is -2.19. The Morgan fingerprint density at radius 2 is 1.14 bits per heavy atom. The SMILES string of the molecule is CC(C)C(=O)OC(OC(=O)C(C)C)C(C)(C)C(O)(O)C(C)C. The lowest BCUT2D eigenvalue weighted by Crippen LogP contribution is -2.57. The van der Waals surface area contributed by atoms with Crippen LogP contribution in [0.25, 0.3) is 0 Å². The normalized spacial score (nSPS) is 13.2. The minimum Gasteiger partial charge on any atom is -0.424 e. The van der Waals surface area contributed by atoms with Gasteiger partial charge in [-0.25, -0.2) is 0 Å². The standard InChI is InChI=1S/C16H30O6/c1-9(2)12(17)21-14(22-13(18)10(3)4)15(7,8)16(19,20)11(5)6/h9-11,14,19-20H,1-8H3. The average molecular weight is 318 g/mol. The molecule has 0 amide bonds. The maximum atomic E-state index is 11.9. The van der Waals surface area contributed by atoms with Gasteiger partial charge in [-0.05, 0) is 13.8 Å². The third-order valence-electron chi connectivity index (χ3n) is 3.73. The summed E-state index contributed by atoms with van der Waals surface area (Å²) in [5.74, 6) is -4.75. The molecule has 0 saturated heterocycles. The average Bonchev–Trinajstić information content (AvgIpc) is 2.36. The first-order chi connectivity index (χ1) is 9.75. The maximum absolute atomic E-state index is 11.9. The molecule has 0 aromatic carbocycles. The summed E-state index contributed by atoms with van der Waals surface area (Å²) in [4.78, 5) is 23.7. The first-order valence-electron chi connectivity index (χ1n) is 7.60. The second-order valence-corrected chi connectivity index (χ2v) is 7.12. The molecule has 22 heavy (non-hydrogen) atoms. The second kappa shape index (κ2) is 7.42. The van der Waals surface area contributed by atoms with E-state index >= 15 is 0 Å². The molecule has 0 atom stereocenters. The topological polar surface area (TPSA) is 93.1 Å². The van der Waals surface area contributed by atoms with Crippen molar-refractivity contribution in [2.24, 2.45) is 23.2 Å². The highest BCUT2D eigenvalue weighted by atomic mass is 16.7. The van der Waals surface area contributed by atoms with E-state index in [2.05, 4.69) is 0 Å². The van der Waals surface area contributed by atoms with E-state index in [0.29, 0.717) is 0 Å². The van der Waals surface area contributed by atoms with Crippen molar-refractivity contribution in [2.75, 3.05) is 0 Å². The van der Waals surface area contributed by atoms with Crippen molar-refractivity contribution in [3.63, 3.8) is 0 Å². The van der Waals surface area contributed by atoms with Crippen molar-refractivity contribution in [3.8, 4) is 0 Å². The molecule has 0 spiro atoms. The van der Waals surface area contributed by atoms with E-state index < -0.39 is 47.2 Å². The van der Waals surface area contributed by atoms with E-state index in [1.54, 1.807) is 41.5 Å². The molecule has 0 aliphatic rings. The predicted molar refractivity (Wildman–Crippen MR) is 81.4 cm³/mol. The van der Waals surface area contributed by atoms with Gasteiger partial charge in [0.25, 0.3) is 6.29 Å². The molecular weight excluding hydrogens is 288 g/mol. The maximum Gasteiger partial charge on any atom is 0.311 e. The zero-order valence-corrected chi connectivity index (χ0v) is 14.8. The molecular formula is C16H30O6. The Hall–Kier alpha value is -1.14. The molecule has 0 aliphatic carbocycles. The lowest BCUT2D eigenvalue weighted by atomic mass is 9.76. The fourth-order valence-corrected chi connectivity index (χ4v) is 1.72. The predicted octanol–water partition coefficient (Wildman–Crippen LogP) is 2.07. The van der Waals surface area contributed by atoms with Crippen LogP contribution < -0.4 is 0 Å². The van der Waals surface area contributed by atoms with Gasteiger partial charge in [0.15, 0.2) is 5.79 Å². The van der Waals surface area contributed by atoms with E-state index in [1.807, 2.05) is 0 Å². The quantitative estimate of drug-likeness (QED) is 0.551. The van der Waals surface area contributed by atoms with Crippen LogP contribution in [0.4, 0.5) is 0 Å².